The zero-order valence-electron chi connectivity index (χ0n) is 10.8. The molecule has 0 heterocycles. The lowest BCUT2D eigenvalue weighted by Gasteiger charge is -2.19. The summed E-state index contributed by atoms with van der Waals surface area (Å²) in [6.45, 7) is 9.11. The summed E-state index contributed by atoms with van der Waals surface area (Å²) in [5.41, 5.74) is 2.91. The van der Waals surface area contributed by atoms with E-state index in [2.05, 4.69) is 67.9 Å². The van der Waals surface area contributed by atoms with Gasteiger partial charge in [0.15, 0.2) is 0 Å². The van der Waals surface area contributed by atoms with Gasteiger partial charge in [-0.25, -0.2) is 0 Å². The predicted octanol–water partition coefficient (Wildman–Crippen LogP) is 5.02. The van der Waals surface area contributed by atoms with Gasteiger partial charge in [-0.05, 0) is 35.3 Å². The van der Waals surface area contributed by atoms with Crippen LogP contribution in [0.15, 0.2) is 24.3 Å². The zero-order valence-corrected chi connectivity index (χ0v) is 12.4. The van der Waals surface area contributed by atoms with E-state index < -0.39 is 0 Å². The first-order valence-electron chi connectivity index (χ1n) is 6.19. The van der Waals surface area contributed by atoms with Crippen LogP contribution in [0.5, 0.6) is 0 Å². The van der Waals surface area contributed by atoms with Crippen molar-refractivity contribution in [2.24, 2.45) is 11.8 Å². The predicted molar refractivity (Wildman–Crippen MR) is 76.4 cm³/mol. The van der Waals surface area contributed by atoms with Crippen LogP contribution in [0.2, 0.25) is 0 Å². The Bertz CT molecular complexity index is 298. The van der Waals surface area contributed by atoms with E-state index in [1.54, 1.807) is 0 Å². The van der Waals surface area contributed by atoms with Crippen LogP contribution < -0.4 is 0 Å². The highest BCUT2D eigenvalue weighted by Crippen LogP contribution is 2.26. The van der Waals surface area contributed by atoms with Crippen molar-refractivity contribution in [2.75, 3.05) is 5.33 Å². The number of hydrogen-bond donors (Lipinski definition) is 0. The topological polar surface area (TPSA) is 0 Å². The zero-order chi connectivity index (χ0) is 12.1. The van der Waals surface area contributed by atoms with Crippen LogP contribution in [0.25, 0.3) is 0 Å². The van der Waals surface area contributed by atoms with Crippen LogP contribution in [0, 0.1) is 11.8 Å². The van der Waals surface area contributed by atoms with Crippen molar-refractivity contribution >= 4 is 15.9 Å². The van der Waals surface area contributed by atoms with Crippen LogP contribution in [0.3, 0.4) is 0 Å². The molecule has 0 N–H and O–H groups in total. The van der Waals surface area contributed by atoms with Crippen molar-refractivity contribution in [3.63, 3.8) is 0 Å². The van der Waals surface area contributed by atoms with E-state index in [1.807, 2.05) is 0 Å². The minimum Gasteiger partial charge on any atom is -0.0921 e. The molecular formula is C15H23Br. The Labute approximate surface area is 109 Å². The van der Waals surface area contributed by atoms with Gasteiger partial charge in [-0.15, -0.1) is 0 Å². The summed E-state index contributed by atoms with van der Waals surface area (Å²) in [4.78, 5) is 0. The van der Waals surface area contributed by atoms with Gasteiger partial charge in [0, 0.05) is 5.33 Å². The highest BCUT2D eigenvalue weighted by Gasteiger charge is 2.13. The fraction of sp³-hybridized carbons (Fsp3) is 0.600. The van der Waals surface area contributed by atoms with Crippen molar-refractivity contribution in [3.8, 4) is 0 Å². The molecule has 16 heavy (non-hydrogen) atoms. The van der Waals surface area contributed by atoms with Gasteiger partial charge in [-0.3, -0.25) is 0 Å². The van der Waals surface area contributed by atoms with Gasteiger partial charge >= 0.3 is 0 Å². The first-order valence-corrected chi connectivity index (χ1v) is 7.31. The van der Waals surface area contributed by atoms with E-state index in [-0.39, 0.29) is 0 Å². The van der Waals surface area contributed by atoms with Gasteiger partial charge in [0.05, 0.1) is 0 Å². The summed E-state index contributed by atoms with van der Waals surface area (Å²) in [7, 11) is 0. The lowest BCUT2D eigenvalue weighted by atomic mass is 9.89. The van der Waals surface area contributed by atoms with Crippen molar-refractivity contribution in [1.29, 1.82) is 0 Å². The van der Waals surface area contributed by atoms with Gasteiger partial charge in [0.2, 0.25) is 0 Å². The number of benzene rings is 1. The molecule has 0 saturated heterocycles. The van der Waals surface area contributed by atoms with Crippen molar-refractivity contribution in [2.45, 2.75) is 40.0 Å². The Morgan fingerprint density at radius 2 is 1.56 bits per heavy atom. The fourth-order valence-corrected chi connectivity index (χ4v) is 3.15. The maximum atomic E-state index is 3.61. The average Bonchev–Trinajstić information content (AvgIpc) is 2.20. The quantitative estimate of drug-likeness (QED) is 0.666. The molecule has 1 aromatic rings. The monoisotopic (exact) mass is 282 g/mol. The molecule has 0 aliphatic carbocycles. The summed E-state index contributed by atoms with van der Waals surface area (Å²) in [6.07, 6.45) is 1.18. The van der Waals surface area contributed by atoms with Gasteiger partial charge in [-0.2, -0.15) is 0 Å². The van der Waals surface area contributed by atoms with E-state index >= 15 is 0 Å². The van der Waals surface area contributed by atoms with Crippen LogP contribution >= 0.6 is 15.9 Å². The highest BCUT2D eigenvalue weighted by molar-refractivity contribution is 9.09. The molecule has 1 atom stereocenters. The molecule has 0 radical (unpaired) electrons. The number of alkyl halides is 1. The second-order valence-corrected chi connectivity index (χ2v) is 5.99. The van der Waals surface area contributed by atoms with Gasteiger partial charge in [0.1, 0.15) is 0 Å². The number of hydrogen-bond acceptors (Lipinski definition) is 0. The molecule has 0 amide bonds. The Morgan fingerprint density at radius 1 is 1.00 bits per heavy atom. The minimum atomic E-state index is 0.632. The van der Waals surface area contributed by atoms with Crippen LogP contribution in [-0.2, 0) is 6.42 Å². The third-order valence-electron chi connectivity index (χ3n) is 3.02. The van der Waals surface area contributed by atoms with Crippen LogP contribution in [0.1, 0.15) is 44.7 Å². The lowest BCUT2D eigenvalue weighted by molar-refractivity contribution is 0.544. The molecule has 0 nitrogen and oxygen atoms in total. The largest absolute Gasteiger partial charge is 0.0921 e. The van der Waals surface area contributed by atoms with Crippen molar-refractivity contribution in [1.82, 2.24) is 0 Å². The molecular weight excluding hydrogens is 260 g/mol. The minimum absolute atomic E-state index is 0.632. The fourth-order valence-electron chi connectivity index (χ4n) is 2.02. The maximum Gasteiger partial charge on any atom is 0.0103 e. The van der Waals surface area contributed by atoms with Crippen molar-refractivity contribution in [3.05, 3.63) is 35.4 Å². The molecule has 0 spiro atoms. The highest BCUT2D eigenvalue weighted by atomic mass is 79.9. The first-order chi connectivity index (χ1) is 7.54. The summed E-state index contributed by atoms with van der Waals surface area (Å²) >= 11 is 3.61. The third kappa shape index (κ3) is 3.93. The Hall–Kier alpha value is -0.300. The molecule has 1 aromatic carbocycles. The Balaban J connectivity index is 2.77. The molecule has 0 aromatic heterocycles. The average molecular weight is 283 g/mol. The van der Waals surface area contributed by atoms with Gasteiger partial charge in [0.25, 0.3) is 0 Å². The van der Waals surface area contributed by atoms with E-state index in [4.69, 9.17) is 0 Å². The van der Waals surface area contributed by atoms with Crippen LogP contribution in [0.4, 0.5) is 0 Å². The molecule has 90 valence electrons. The Morgan fingerprint density at radius 3 is 1.94 bits per heavy atom. The second kappa shape index (κ2) is 6.44. The van der Waals surface area contributed by atoms with Crippen LogP contribution in [-0.4, -0.2) is 5.33 Å². The van der Waals surface area contributed by atoms with E-state index in [9.17, 15) is 0 Å². The summed E-state index contributed by atoms with van der Waals surface area (Å²) in [5, 5.41) is 1.05. The molecule has 1 rings (SSSR count). The SMILES string of the molecule is CC(C)Cc1ccc(C(CBr)C(C)C)cc1. The van der Waals surface area contributed by atoms with Gasteiger partial charge in [-0.1, -0.05) is 67.9 Å². The molecule has 1 heteroatoms. The molecule has 0 fully saturated rings. The standard InChI is InChI=1S/C15H23Br/c1-11(2)9-13-5-7-14(8-6-13)15(10-16)12(3)4/h5-8,11-12,15H,9-10H2,1-4H3. The molecule has 0 saturated carbocycles. The maximum absolute atomic E-state index is 3.61. The van der Waals surface area contributed by atoms with Crippen molar-refractivity contribution < 1.29 is 0 Å². The first kappa shape index (κ1) is 13.8. The Kier molecular flexibility index (Phi) is 5.54. The number of halogens is 1. The van der Waals surface area contributed by atoms with Gasteiger partial charge < -0.3 is 0 Å². The summed E-state index contributed by atoms with van der Waals surface area (Å²) < 4.78 is 0. The molecule has 0 bridgehead atoms. The summed E-state index contributed by atoms with van der Waals surface area (Å²) in [6, 6.07) is 9.16. The molecule has 1 unspecified atom stereocenters. The summed E-state index contributed by atoms with van der Waals surface area (Å²) in [5.74, 6) is 2.06. The number of rotatable bonds is 5. The lowest BCUT2D eigenvalue weighted by Crippen LogP contribution is -2.08. The molecule has 0 aliphatic rings. The normalized spacial score (nSPS) is 13.4. The van der Waals surface area contributed by atoms with E-state index in [0.29, 0.717) is 11.8 Å². The van der Waals surface area contributed by atoms with E-state index in [1.165, 1.54) is 17.5 Å². The second-order valence-electron chi connectivity index (χ2n) is 5.34. The molecule has 0 aliphatic heterocycles. The van der Waals surface area contributed by atoms with E-state index in [0.717, 1.165) is 11.2 Å². The third-order valence-corrected chi connectivity index (χ3v) is 3.72. The smallest absolute Gasteiger partial charge is 0.0103 e.